The lowest BCUT2D eigenvalue weighted by Crippen LogP contribution is -2.53. The summed E-state index contributed by atoms with van der Waals surface area (Å²) in [4.78, 5) is 11.4. The van der Waals surface area contributed by atoms with Crippen molar-refractivity contribution in [3.8, 4) is 0 Å². The van der Waals surface area contributed by atoms with E-state index in [0.29, 0.717) is 12.0 Å². The number of aliphatic carboxylic acids is 1. The Bertz CT molecular complexity index is 251. The largest absolute Gasteiger partial charge is 0.480 e. The third-order valence-electron chi connectivity index (χ3n) is 3.88. The molecule has 0 heterocycles. The van der Waals surface area contributed by atoms with Crippen LogP contribution in [-0.2, 0) is 4.79 Å². The Balaban J connectivity index is 2.40. The summed E-state index contributed by atoms with van der Waals surface area (Å²) in [6.07, 6.45) is 7.77. The molecule has 100 valence electrons. The van der Waals surface area contributed by atoms with Gasteiger partial charge in [0.25, 0.3) is 0 Å². The van der Waals surface area contributed by atoms with E-state index in [1.165, 1.54) is 25.7 Å². The lowest BCUT2D eigenvalue weighted by Gasteiger charge is -2.30. The third-order valence-corrected chi connectivity index (χ3v) is 3.88. The van der Waals surface area contributed by atoms with E-state index in [1.807, 2.05) is 6.92 Å². The van der Waals surface area contributed by atoms with Crippen LogP contribution in [0.25, 0.3) is 0 Å². The molecule has 3 heteroatoms. The van der Waals surface area contributed by atoms with Crippen molar-refractivity contribution in [2.45, 2.75) is 77.3 Å². The summed E-state index contributed by atoms with van der Waals surface area (Å²) >= 11 is 0. The molecule has 1 aliphatic carbocycles. The van der Waals surface area contributed by atoms with Gasteiger partial charge in [0.1, 0.15) is 5.54 Å². The smallest absolute Gasteiger partial charge is 0.323 e. The van der Waals surface area contributed by atoms with Crippen LogP contribution in [0.5, 0.6) is 0 Å². The summed E-state index contributed by atoms with van der Waals surface area (Å²) in [5.74, 6) is -0.00850. The molecule has 1 saturated carbocycles. The highest BCUT2D eigenvalue weighted by molar-refractivity contribution is 5.78. The second-order valence-corrected chi connectivity index (χ2v) is 5.72. The Kier molecular flexibility index (Phi) is 5.44. The lowest BCUT2D eigenvalue weighted by atomic mass is 9.92. The van der Waals surface area contributed by atoms with Crippen molar-refractivity contribution in [2.75, 3.05) is 0 Å². The van der Waals surface area contributed by atoms with E-state index in [4.69, 9.17) is 0 Å². The Morgan fingerprint density at radius 2 is 2.06 bits per heavy atom. The summed E-state index contributed by atoms with van der Waals surface area (Å²) in [6.45, 7) is 6.12. The van der Waals surface area contributed by atoms with Gasteiger partial charge in [-0.15, -0.1) is 0 Å². The molecule has 3 nitrogen and oxygen atoms in total. The van der Waals surface area contributed by atoms with Gasteiger partial charge in [0.2, 0.25) is 0 Å². The van der Waals surface area contributed by atoms with Crippen LogP contribution in [0.1, 0.15) is 65.7 Å². The summed E-state index contributed by atoms with van der Waals surface area (Å²) in [7, 11) is 0. The van der Waals surface area contributed by atoms with E-state index >= 15 is 0 Å². The quantitative estimate of drug-likeness (QED) is 0.609. The zero-order valence-electron chi connectivity index (χ0n) is 11.5. The predicted molar refractivity (Wildman–Crippen MR) is 70.1 cm³/mol. The highest BCUT2D eigenvalue weighted by Crippen LogP contribution is 2.33. The van der Waals surface area contributed by atoms with Gasteiger partial charge in [0.05, 0.1) is 0 Å². The molecule has 0 aromatic carbocycles. The maximum atomic E-state index is 11.4. The van der Waals surface area contributed by atoms with Crippen LogP contribution < -0.4 is 5.32 Å². The van der Waals surface area contributed by atoms with Gasteiger partial charge < -0.3 is 5.11 Å². The van der Waals surface area contributed by atoms with Gasteiger partial charge >= 0.3 is 5.97 Å². The molecule has 2 unspecified atom stereocenters. The topological polar surface area (TPSA) is 49.3 Å². The Morgan fingerprint density at radius 3 is 2.53 bits per heavy atom. The zero-order chi connectivity index (χ0) is 12.9. The summed E-state index contributed by atoms with van der Waals surface area (Å²) in [6, 6.07) is 0.335. The van der Waals surface area contributed by atoms with Crippen LogP contribution in [0.2, 0.25) is 0 Å². The van der Waals surface area contributed by atoms with Crippen molar-refractivity contribution < 1.29 is 9.90 Å². The Hall–Kier alpha value is -0.570. The number of carboxylic acids is 1. The predicted octanol–water partition coefficient (Wildman–Crippen LogP) is 3.19. The molecular formula is C14H27NO2. The molecule has 0 amide bonds. The van der Waals surface area contributed by atoms with Crippen molar-refractivity contribution in [2.24, 2.45) is 5.92 Å². The van der Waals surface area contributed by atoms with E-state index in [0.717, 1.165) is 19.3 Å². The monoisotopic (exact) mass is 241 g/mol. The first-order valence-electron chi connectivity index (χ1n) is 7.00. The van der Waals surface area contributed by atoms with Crippen LogP contribution in [0.15, 0.2) is 0 Å². The van der Waals surface area contributed by atoms with Crippen LogP contribution in [0, 0.1) is 5.92 Å². The van der Waals surface area contributed by atoms with Gasteiger partial charge in [0.15, 0.2) is 0 Å². The second kappa shape index (κ2) is 6.39. The number of carbonyl (C=O) groups is 1. The first kappa shape index (κ1) is 14.5. The fourth-order valence-electron chi connectivity index (χ4n) is 2.36. The van der Waals surface area contributed by atoms with Crippen molar-refractivity contribution in [1.29, 1.82) is 0 Å². The van der Waals surface area contributed by atoms with Gasteiger partial charge in [-0.3, -0.25) is 10.1 Å². The minimum atomic E-state index is -0.740. The van der Waals surface area contributed by atoms with Crippen LogP contribution >= 0.6 is 0 Å². The molecule has 1 aliphatic rings. The highest BCUT2D eigenvalue weighted by atomic mass is 16.4. The molecule has 0 aliphatic heterocycles. The van der Waals surface area contributed by atoms with E-state index < -0.39 is 11.5 Å². The Morgan fingerprint density at radius 1 is 1.41 bits per heavy atom. The Labute approximate surface area is 105 Å². The molecule has 2 N–H and O–H groups in total. The average molecular weight is 241 g/mol. The number of unbranched alkanes of at least 4 members (excludes halogenated alkanes) is 3. The zero-order valence-corrected chi connectivity index (χ0v) is 11.5. The molecule has 1 fully saturated rings. The van der Waals surface area contributed by atoms with E-state index in [1.54, 1.807) is 0 Å². The van der Waals surface area contributed by atoms with E-state index in [2.05, 4.69) is 19.2 Å². The summed E-state index contributed by atoms with van der Waals surface area (Å²) in [5.41, 5.74) is -0.740. The molecule has 0 radical (unpaired) electrons. The van der Waals surface area contributed by atoms with Crippen molar-refractivity contribution >= 4 is 5.97 Å². The summed E-state index contributed by atoms with van der Waals surface area (Å²) in [5, 5.41) is 12.7. The van der Waals surface area contributed by atoms with Crippen LogP contribution in [-0.4, -0.2) is 22.7 Å². The fraction of sp³-hybridized carbons (Fsp3) is 0.929. The first-order chi connectivity index (χ1) is 7.99. The lowest BCUT2D eigenvalue weighted by molar-refractivity contribution is -0.145. The first-order valence-corrected chi connectivity index (χ1v) is 7.00. The molecular weight excluding hydrogens is 214 g/mol. The molecule has 0 aromatic rings. The van der Waals surface area contributed by atoms with Gasteiger partial charge in [-0.05, 0) is 39.0 Å². The minimum absolute atomic E-state index is 0.335. The van der Waals surface area contributed by atoms with Crippen LogP contribution in [0.4, 0.5) is 0 Å². The second-order valence-electron chi connectivity index (χ2n) is 5.72. The average Bonchev–Trinajstić information content (AvgIpc) is 3.07. The standard InChI is InChI=1S/C14H27NO2/c1-4-5-6-7-10-14(3,13(16)17)15-11(2)12-8-9-12/h11-12,15H,4-10H2,1-3H3,(H,16,17). The highest BCUT2D eigenvalue weighted by Gasteiger charge is 2.37. The number of carboxylic acid groups (broad SMARTS) is 1. The molecule has 0 saturated heterocycles. The SMILES string of the molecule is CCCCCCC(C)(NC(C)C1CC1)C(=O)O. The van der Waals surface area contributed by atoms with Gasteiger partial charge in [-0.25, -0.2) is 0 Å². The molecule has 17 heavy (non-hydrogen) atoms. The van der Waals surface area contributed by atoms with Crippen molar-refractivity contribution in [3.63, 3.8) is 0 Å². The normalized spacial score (nSPS) is 20.9. The van der Waals surface area contributed by atoms with Crippen LogP contribution in [0.3, 0.4) is 0 Å². The number of hydrogen-bond donors (Lipinski definition) is 2. The van der Waals surface area contributed by atoms with Crippen molar-refractivity contribution in [1.82, 2.24) is 5.32 Å². The summed E-state index contributed by atoms with van der Waals surface area (Å²) < 4.78 is 0. The number of hydrogen-bond acceptors (Lipinski definition) is 2. The third kappa shape index (κ3) is 4.66. The molecule has 1 rings (SSSR count). The number of rotatable bonds is 9. The van der Waals surface area contributed by atoms with Gasteiger partial charge in [-0.1, -0.05) is 32.6 Å². The van der Waals surface area contributed by atoms with Crippen molar-refractivity contribution in [3.05, 3.63) is 0 Å². The van der Waals surface area contributed by atoms with E-state index in [9.17, 15) is 9.90 Å². The molecule has 2 atom stereocenters. The molecule has 0 aromatic heterocycles. The molecule has 0 bridgehead atoms. The van der Waals surface area contributed by atoms with E-state index in [-0.39, 0.29) is 0 Å². The minimum Gasteiger partial charge on any atom is -0.480 e. The number of nitrogens with one attached hydrogen (secondary N) is 1. The molecule has 0 spiro atoms. The fourth-order valence-corrected chi connectivity index (χ4v) is 2.36. The maximum absolute atomic E-state index is 11.4. The van der Waals surface area contributed by atoms with Gasteiger partial charge in [-0.2, -0.15) is 0 Å². The van der Waals surface area contributed by atoms with Gasteiger partial charge in [0, 0.05) is 6.04 Å². The maximum Gasteiger partial charge on any atom is 0.323 e.